The Morgan fingerprint density at radius 2 is 2.32 bits per heavy atom. The number of carbonyl (C=O) groups excluding carboxylic acids is 1. The molecule has 1 heterocycles. The fraction of sp³-hybridized carbons (Fsp3) is 0.231. The molecule has 1 N–H and O–H groups in total. The number of anilines is 1. The molecule has 0 spiro atoms. The van der Waals surface area contributed by atoms with Gasteiger partial charge in [-0.3, -0.25) is 4.79 Å². The maximum absolute atomic E-state index is 11.9. The lowest BCUT2D eigenvalue weighted by atomic mass is 10.2. The average Bonchev–Trinajstić information content (AvgIpc) is 2.91. The summed E-state index contributed by atoms with van der Waals surface area (Å²) in [6.45, 7) is 1.67. The van der Waals surface area contributed by atoms with Crippen LogP contribution in [0.5, 0.6) is 0 Å². The Balaban J connectivity index is 2.33. The van der Waals surface area contributed by atoms with Gasteiger partial charge in [-0.25, -0.2) is 4.68 Å². The Bertz CT molecular complexity index is 569. The smallest absolute Gasteiger partial charge is 0.253 e. The molecule has 1 aromatic heterocycles. The molecule has 0 aliphatic carbocycles. The molecule has 0 aliphatic rings. The summed E-state index contributed by atoms with van der Waals surface area (Å²) in [5, 5.41) is 7.46. The number of ether oxygens (including phenoxy) is 1. The first kappa shape index (κ1) is 13.6. The number of rotatable bonds is 4. The summed E-state index contributed by atoms with van der Waals surface area (Å²) in [4.78, 5) is 11.9. The van der Waals surface area contributed by atoms with E-state index in [2.05, 4.69) is 10.4 Å². The first-order valence-electron chi connectivity index (χ1n) is 5.75. The van der Waals surface area contributed by atoms with Gasteiger partial charge in [0, 0.05) is 24.5 Å². The molecule has 0 saturated heterocycles. The number of nitrogens with zero attached hydrogens (tertiary/aromatic N) is 2. The van der Waals surface area contributed by atoms with Crippen LogP contribution in [0.1, 0.15) is 6.92 Å². The van der Waals surface area contributed by atoms with Crippen LogP contribution in [0.4, 0.5) is 5.69 Å². The van der Waals surface area contributed by atoms with Crippen molar-refractivity contribution >= 4 is 23.2 Å². The van der Waals surface area contributed by atoms with Crippen molar-refractivity contribution in [3.63, 3.8) is 0 Å². The van der Waals surface area contributed by atoms with E-state index in [9.17, 15) is 4.79 Å². The molecule has 0 bridgehead atoms. The van der Waals surface area contributed by atoms with Crippen molar-refractivity contribution in [2.24, 2.45) is 0 Å². The van der Waals surface area contributed by atoms with Gasteiger partial charge in [-0.15, -0.1) is 0 Å². The maximum Gasteiger partial charge on any atom is 0.253 e. The molecule has 1 atom stereocenters. The Morgan fingerprint density at radius 3 is 2.95 bits per heavy atom. The van der Waals surface area contributed by atoms with Crippen LogP contribution in [0.3, 0.4) is 0 Å². The van der Waals surface area contributed by atoms with Crippen LogP contribution in [0.2, 0.25) is 5.02 Å². The summed E-state index contributed by atoms with van der Waals surface area (Å²) in [5.74, 6) is -0.238. The monoisotopic (exact) mass is 279 g/mol. The van der Waals surface area contributed by atoms with Gasteiger partial charge in [-0.05, 0) is 31.2 Å². The van der Waals surface area contributed by atoms with E-state index in [1.807, 2.05) is 0 Å². The van der Waals surface area contributed by atoms with Crippen LogP contribution in [0, 0.1) is 0 Å². The van der Waals surface area contributed by atoms with E-state index in [4.69, 9.17) is 16.3 Å². The van der Waals surface area contributed by atoms with Gasteiger partial charge in [-0.2, -0.15) is 5.10 Å². The molecule has 2 aromatic rings. The lowest BCUT2D eigenvalue weighted by molar-refractivity contribution is -0.124. The predicted molar refractivity (Wildman–Crippen MR) is 73.7 cm³/mol. The molecule has 2 rings (SSSR count). The lowest BCUT2D eigenvalue weighted by Gasteiger charge is -2.14. The highest BCUT2D eigenvalue weighted by atomic mass is 35.5. The zero-order chi connectivity index (χ0) is 13.8. The maximum atomic E-state index is 11.9. The summed E-state index contributed by atoms with van der Waals surface area (Å²) >= 11 is 5.96. The largest absolute Gasteiger partial charge is 0.372 e. The summed E-state index contributed by atoms with van der Waals surface area (Å²) < 4.78 is 6.63. The van der Waals surface area contributed by atoms with Crippen LogP contribution in [0.25, 0.3) is 5.69 Å². The Morgan fingerprint density at radius 1 is 1.53 bits per heavy atom. The number of aromatic nitrogens is 2. The molecule has 6 heteroatoms. The van der Waals surface area contributed by atoms with E-state index >= 15 is 0 Å². The summed E-state index contributed by atoms with van der Waals surface area (Å²) in [5.41, 5.74) is 1.33. The number of hydrogen-bond acceptors (Lipinski definition) is 3. The van der Waals surface area contributed by atoms with Gasteiger partial charge in [0.25, 0.3) is 5.91 Å². The lowest BCUT2D eigenvalue weighted by Crippen LogP contribution is -2.27. The Labute approximate surface area is 116 Å². The highest BCUT2D eigenvalue weighted by Gasteiger charge is 2.14. The molecule has 1 unspecified atom stereocenters. The van der Waals surface area contributed by atoms with Crippen molar-refractivity contribution in [2.45, 2.75) is 13.0 Å². The zero-order valence-corrected chi connectivity index (χ0v) is 11.4. The molecule has 100 valence electrons. The van der Waals surface area contributed by atoms with E-state index in [1.165, 1.54) is 7.11 Å². The molecule has 5 nitrogen and oxygen atoms in total. The molecular weight excluding hydrogens is 266 g/mol. The molecule has 19 heavy (non-hydrogen) atoms. The van der Waals surface area contributed by atoms with Gasteiger partial charge < -0.3 is 10.1 Å². The third-order valence-corrected chi connectivity index (χ3v) is 2.93. The van der Waals surface area contributed by atoms with Crippen LogP contribution in [-0.2, 0) is 9.53 Å². The second-order valence-electron chi connectivity index (χ2n) is 3.98. The van der Waals surface area contributed by atoms with Gasteiger partial charge in [-0.1, -0.05) is 11.6 Å². The Hall–Kier alpha value is -1.85. The van der Waals surface area contributed by atoms with Crippen molar-refractivity contribution in [1.82, 2.24) is 9.78 Å². The number of hydrogen-bond donors (Lipinski definition) is 1. The Kier molecular flexibility index (Phi) is 4.19. The van der Waals surface area contributed by atoms with E-state index in [-0.39, 0.29) is 5.91 Å². The molecular formula is C13H14ClN3O2. The molecule has 0 saturated carbocycles. The highest BCUT2D eigenvalue weighted by molar-refractivity contribution is 6.31. The second kappa shape index (κ2) is 5.86. The second-order valence-corrected chi connectivity index (χ2v) is 4.42. The van der Waals surface area contributed by atoms with Crippen LogP contribution in [-0.4, -0.2) is 28.9 Å². The van der Waals surface area contributed by atoms with E-state index in [1.54, 1.807) is 48.3 Å². The number of benzene rings is 1. The molecule has 0 radical (unpaired) electrons. The molecule has 1 aromatic carbocycles. The topological polar surface area (TPSA) is 56.1 Å². The predicted octanol–water partition coefficient (Wildman–Crippen LogP) is 2.50. The van der Waals surface area contributed by atoms with Crippen molar-refractivity contribution < 1.29 is 9.53 Å². The van der Waals surface area contributed by atoms with Crippen LogP contribution >= 0.6 is 11.6 Å². The van der Waals surface area contributed by atoms with E-state index in [0.29, 0.717) is 10.7 Å². The van der Waals surface area contributed by atoms with Gasteiger partial charge in [0.2, 0.25) is 0 Å². The first-order chi connectivity index (χ1) is 9.11. The minimum Gasteiger partial charge on any atom is -0.372 e. The molecule has 1 amide bonds. The minimum absolute atomic E-state index is 0.238. The minimum atomic E-state index is -0.538. The van der Waals surface area contributed by atoms with Crippen molar-refractivity contribution in [1.29, 1.82) is 0 Å². The van der Waals surface area contributed by atoms with Gasteiger partial charge in [0.15, 0.2) is 0 Å². The fourth-order valence-electron chi connectivity index (χ4n) is 1.56. The molecule has 0 fully saturated rings. The number of nitrogens with one attached hydrogen (secondary N) is 1. The standard InChI is InChI=1S/C13H14ClN3O2/c1-9(19-2)13(18)16-11-8-10(14)4-5-12(11)17-7-3-6-15-17/h3-9H,1-2H3,(H,16,18). The quantitative estimate of drug-likeness (QED) is 0.935. The number of halogens is 1. The first-order valence-corrected chi connectivity index (χ1v) is 6.13. The highest BCUT2D eigenvalue weighted by Crippen LogP contribution is 2.24. The fourth-order valence-corrected chi connectivity index (χ4v) is 1.73. The van der Waals surface area contributed by atoms with E-state index in [0.717, 1.165) is 5.69 Å². The summed E-state index contributed by atoms with van der Waals surface area (Å²) in [6, 6.07) is 7.02. The summed E-state index contributed by atoms with van der Waals surface area (Å²) in [6.07, 6.45) is 2.92. The number of amides is 1. The van der Waals surface area contributed by atoms with Crippen molar-refractivity contribution in [3.05, 3.63) is 41.7 Å². The number of carbonyl (C=O) groups is 1. The van der Waals surface area contributed by atoms with Gasteiger partial charge in [0.1, 0.15) is 6.10 Å². The third-order valence-electron chi connectivity index (χ3n) is 2.69. The van der Waals surface area contributed by atoms with Gasteiger partial charge >= 0.3 is 0 Å². The zero-order valence-electron chi connectivity index (χ0n) is 10.6. The van der Waals surface area contributed by atoms with Crippen LogP contribution in [0.15, 0.2) is 36.7 Å². The molecule has 0 aliphatic heterocycles. The van der Waals surface area contributed by atoms with Crippen molar-refractivity contribution in [2.75, 3.05) is 12.4 Å². The van der Waals surface area contributed by atoms with E-state index < -0.39 is 6.10 Å². The number of methoxy groups -OCH3 is 1. The van der Waals surface area contributed by atoms with Crippen molar-refractivity contribution in [3.8, 4) is 5.69 Å². The average molecular weight is 280 g/mol. The summed E-state index contributed by atoms with van der Waals surface area (Å²) in [7, 11) is 1.48. The normalized spacial score (nSPS) is 12.2. The third kappa shape index (κ3) is 3.13. The van der Waals surface area contributed by atoms with Gasteiger partial charge in [0.05, 0.1) is 11.4 Å². The SMILES string of the molecule is COC(C)C(=O)Nc1cc(Cl)ccc1-n1cccn1. The van der Waals surface area contributed by atoms with Crippen LogP contribution < -0.4 is 5.32 Å².